The van der Waals surface area contributed by atoms with E-state index in [4.69, 9.17) is 16.3 Å². The predicted molar refractivity (Wildman–Crippen MR) is 99.7 cm³/mol. The van der Waals surface area contributed by atoms with Gasteiger partial charge in [0.15, 0.2) is 16.5 Å². The molecular formula is C16H17ClN8O2. The summed E-state index contributed by atoms with van der Waals surface area (Å²) in [5.74, 6) is -0.0713. The minimum absolute atomic E-state index is 0.104. The molecule has 11 heteroatoms. The van der Waals surface area contributed by atoms with Gasteiger partial charge in [-0.15, -0.1) is 15.3 Å². The van der Waals surface area contributed by atoms with E-state index in [2.05, 4.69) is 35.8 Å². The lowest BCUT2D eigenvalue weighted by molar-refractivity contribution is 0.0787. The van der Waals surface area contributed by atoms with Crippen molar-refractivity contribution in [3.8, 4) is 0 Å². The van der Waals surface area contributed by atoms with Crippen molar-refractivity contribution >= 4 is 40.5 Å². The number of methoxy groups -OCH3 is 1. The number of hydrogen-bond donors (Lipinski definition) is 2. The van der Waals surface area contributed by atoms with Crippen LogP contribution in [-0.2, 0) is 4.74 Å². The third kappa shape index (κ3) is 3.36. The molecule has 0 aliphatic carbocycles. The fourth-order valence-corrected chi connectivity index (χ4v) is 2.93. The minimum Gasteiger partial charge on any atom is -0.378 e. The van der Waals surface area contributed by atoms with Crippen molar-refractivity contribution in [1.29, 1.82) is 0 Å². The molecule has 0 saturated carbocycles. The number of pyridine rings is 1. The van der Waals surface area contributed by atoms with E-state index in [1.807, 2.05) is 18.3 Å². The van der Waals surface area contributed by atoms with Crippen LogP contribution in [-0.4, -0.2) is 64.1 Å². The maximum Gasteiger partial charge on any atom is 0.273 e. The molecule has 1 amide bonds. The van der Waals surface area contributed by atoms with E-state index in [0.717, 1.165) is 18.8 Å². The Morgan fingerprint density at radius 1 is 1.33 bits per heavy atom. The number of carbonyl (C=O) groups is 1. The van der Waals surface area contributed by atoms with E-state index in [0.29, 0.717) is 17.3 Å². The molecule has 1 fully saturated rings. The molecule has 0 atom stereocenters. The standard InChI is InChI=1S/C16H17ClN8O2/c1-18-15(26)14-11(5-12(17)21-22-14)19-16-20-13-4-3-9(6-25(13)23-16)24-7-10(8-24)27-2/h3-6,10H,7-8H2,1-2H3,(H,18,26)(H,19,21,23). The van der Waals surface area contributed by atoms with Crippen molar-refractivity contribution in [1.82, 2.24) is 30.1 Å². The highest BCUT2D eigenvalue weighted by Gasteiger charge is 2.27. The first-order chi connectivity index (χ1) is 13.1. The van der Waals surface area contributed by atoms with Crippen LogP contribution in [0, 0.1) is 0 Å². The van der Waals surface area contributed by atoms with E-state index >= 15 is 0 Å². The Balaban J connectivity index is 1.60. The molecule has 0 unspecified atom stereocenters. The Hall–Kier alpha value is -2.98. The maximum absolute atomic E-state index is 12.0. The number of amides is 1. The van der Waals surface area contributed by atoms with Gasteiger partial charge >= 0.3 is 0 Å². The van der Waals surface area contributed by atoms with Gasteiger partial charge in [-0.25, -0.2) is 4.52 Å². The van der Waals surface area contributed by atoms with Gasteiger partial charge in [0.05, 0.1) is 23.7 Å². The number of ether oxygens (including phenoxy) is 1. The second-order valence-corrected chi connectivity index (χ2v) is 6.41. The number of anilines is 3. The number of carbonyl (C=O) groups excluding carboxylic acids is 1. The summed E-state index contributed by atoms with van der Waals surface area (Å²) in [6, 6.07) is 5.37. The quantitative estimate of drug-likeness (QED) is 0.669. The number of aromatic nitrogens is 5. The lowest BCUT2D eigenvalue weighted by atomic mass is 10.1. The van der Waals surface area contributed by atoms with Gasteiger partial charge in [0.25, 0.3) is 5.91 Å². The van der Waals surface area contributed by atoms with Crippen LogP contribution in [0.25, 0.3) is 5.65 Å². The third-order valence-corrected chi connectivity index (χ3v) is 4.50. The van der Waals surface area contributed by atoms with Gasteiger partial charge in [-0.3, -0.25) is 4.79 Å². The second-order valence-electron chi connectivity index (χ2n) is 6.02. The molecule has 4 heterocycles. The number of nitrogens with zero attached hydrogens (tertiary/aromatic N) is 6. The van der Waals surface area contributed by atoms with Crippen molar-refractivity contribution in [3.63, 3.8) is 0 Å². The van der Waals surface area contributed by atoms with Gasteiger partial charge < -0.3 is 20.3 Å². The van der Waals surface area contributed by atoms with E-state index in [1.54, 1.807) is 11.6 Å². The lowest BCUT2D eigenvalue weighted by Crippen LogP contribution is -2.51. The summed E-state index contributed by atoms with van der Waals surface area (Å²) < 4.78 is 6.98. The normalized spacial score (nSPS) is 14.3. The van der Waals surface area contributed by atoms with E-state index in [-0.39, 0.29) is 17.0 Å². The number of halogens is 1. The molecule has 0 spiro atoms. The van der Waals surface area contributed by atoms with Gasteiger partial charge in [0.2, 0.25) is 5.95 Å². The molecule has 3 aromatic heterocycles. The van der Waals surface area contributed by atoms with Gasteiger partial charge in [-0.05, 0) is 12.1 Å². The molecule has 1 aliphatic heterocycles. The highest BCUT2D eigenvalue weighted by molar-refractivity contribution is 6.29. The zero-order valence-corrected chi connectivity index (χ0v) is 15.4. The van der Waals surface area contributed by atoms with Gasteiger partial charge in [-0.2, -0.15) is 4.98 Å². The fraction of sp³-hybridized carbons (Fsp3) is 0.312. The first kappa shape index (κ1) is 17.4. The van der Waals surface area contributed by atoms with Crippen molar-refractivity contribution < 1.29 is 9.53 Å². The highest BCUT2D eigenvalue weighted by Crippen LogP contribution is 2.24. The molecule has 10 nitrogen and oxygen atoms in total. The molecule has 1 saturated heterocycles. The molecule has 0 radical (unpaired) electrons. The molecule has 0 aromatic carbocycles. The fourth-order valence-electron chi connectivity index (χ4n) is 2.78. The zero-order chi connectivity index (χ0) is 19.0. The molecule has 27 heavy (non-hydrogen) atoms. The number of hydrogen-bond acceptors (Lipinski definition) is 8. The van der Waals surface area contributed by atoms with Gasteiger partial charge in [0.1, 0.15) is 0 Å². The van der Waals surface area contributed by atoms with Gasteiger partial charge in [-0.1, -0.05) is 11.6 Å². The summed E-state index contributed by atoms with van der Waals surface area (Å²) >= 11 is 5.90. The molecule has 3 aromatic rings. The Bertz CT molecular complexity index is 1000. The monoisotopic (exact) mass is 388 g/mol. The molecule has 0 bridgehead atoms. The zero-order valence-electron chi connectivity index (χ0n) is 14.7. The van der Waals surface area contributed by atoms with Crippen LogP contribution in [0.15, 0.2) is 24.4 Å². The van der Waals surface area contributed by atoms with Crippen LogP contribution in [0.3, 0.4) is 0 Å². The number of fused-ring (bicyclic) bond motifs is 1. The summed E-state index contributed by atoms with van der Waals surface area (Å²) in [5.41, 5.74) is 2.18. The van der Waals surface area contributed by atoms with Crippen molar-refractivity contribution in [2.24, 2.45) is 0 Å². The van der Waals surface area contributed by atoms with Crippen LogP contribution in [0.5, 0.6) is 0 Å². The topological polar surface area (TPSA) is 110 Å². The van der Waals surface area contributed by atoms with Crippen molar-refractivity contribution in [2.45, 2.75) is 6.10 Å². The largest absolute Gasteiger partial charge is 0.378 e. The molecule has 4 rings (SSSR count). The third-order valence-electron chi connectivity index (χ3n) is 4.31. The molecule has 140 valence electrons. The smallest absolute Gasteiger partial charge is 0.273 e. The Morgan fingerprint density at radius 3 is 2.89 bits per heavy atom. The summed E-state index contributed by atoms with van der Waals surface area (Å²) in [7, 11) is 3.23. The van der Waals surface area contributed by atoms with Crippen LogP contribution in [0.2, 0.25) is 5.15 Å². The average Bonchev–Trinajstić information content (AvgIpc) is 3.02. The Kier molecular flexibility index (Phi) is 4.50. The molecule has 2 N–H and O–H groups in total. The SMILES string of the molecule is CNC(=O)c1nnc(Cl)cc1Nc1nc2ccc(N3CC(OC)C3)cn2n1. The van der Waals surface area contributed by atoms with E-state index in [1.165, 1.54) is 13.1 Å². The highest BCUT2D eigenvalue weighted by atomic mass is 35.5. The van der Waals surface area contributed by atoms with Crippen LogP contribution >= 0.6 is 11.6 Å². The summed E-state index contributed by atoms with van der Waals surface area (Å²) in [6.07, 6.45) is 2.16. The second kappa shape index (κ2) is 6.97. The average molecular weight is 389 g/mol. The van der Waals surface area contributed by atoms with Crippen molar-refractivity contribution in [2.75, 3.05) is 37.5 Å². The number of nitrogens with one attached hydrogen (secondary N) is 2. The van der Waals surface area contributed by atoms with Crippen LogP contribution < -0.4 is 15.5 Å². The molecular weight excluding hydrogens is 372 g/mol. The Labute approximate surface area is 159 Å². The van der Waals surface area contributed by atoms with E-state index < -0.39 is 5.91 Å². The summed E-state index contributed by atoms with van der Waals surface area (Å²) in [4.78, 5) is 18.6. The molecule has 1 aliphatic rings. The van der Waals surface area contributed by atoms with Gasteiger partial charge in [0, 0.05) is 33.3 Å². The van der Waals surface area contributed by atoms with Crippen LogP contribution in [0.4, 0.5) is 17.3 Å². The minimum atomic E-state index is -0.391. The summed E-state index contributed by atoms with van der Waals surface area (Å²) in [6.45, 7) is 1.69. The van der Waals surface area contributed by atoms with Crippen molar-refractivity contribution in [3.05, 3.63) is 35.2 Å². The number of rotatable bonds is 5. The predicted octanol–water partition coefficient (Wildman–Crippen LogP) is 1.11. The maximum atomic E-state index is 12.0. The lowest BCUT2D eigenvalue weighted by Gasteiger charge is -2.39. The Morgan fingerprint density at radius 2 is 2.15 bits per heavy atom. The first-order valence-electron chi connectivity index (χ1n) is 8.24. The van der Waals surface area contributed by atoms with E-state index in [9.17, 15) is 4.79 Å². The van der Waals surface area contributed by atoms with Crippen LogP contribution in [0.1, 0.15) is 10.5 Å². The summed E-state index contributed by atoms with van der Waals surface area (Å²) in [5, 5.41) is 17.6. The first-order valence-corrected chi connectivity index (χ1v) is 8.61.